The largest absolute Gasteiger partial charge is 0.468 e. The van der Waals surface area contributed by atoms with Crippen LogP contribution in [0.1, 0.15) is 20.8 Å². The third-order valence-electron chi connectivity index (χ3n) is 1.71. The maximum Gasteiger partial charge on any atom is 0.189 e. The summed E-state index contributed by atoms with van der Waals surface area (Å²) in [7, 11) is 0. The van der Waals surface area contributed by atoms with E-state index in [9.17, 15) is 0 Å². The number of hydrogen-bond acceptors (Lipinski definition) is 3. The van der Waals surface area contributed by atoms with Crippen LogP contribution < -0.4 is 4.74 Å². The molecule has 0 aliphatic rings. The van der Waals surface area contributed by atoms with Crippen molar-refractivity contribution < 1.29 is 9.47 Å². The Morgan fingerprint density at radius 1 is 1.20 bits per heavy atom. The van der Waals surface area contributed by atoms with Crippen LogP contribution in [-0.2, 0) is 4.74 Å². The second-order valence-electron chi connectivity index (χ2n) is 3.39. The van der Waals surface area contributed by atoms with Crippen LogP contribution in [0.5, 0.6) is 5.75 Å². The summed E-state index contributed by atoms with van der Waals surface area (Å²) in [6, 6.07) is 8.10. The third kappa shape index (κ3) is 5.09. The summed E-state index contributed by atoms with van der Waals surface area (Å²) in [5.74, 6) is 0.858. The van der Waals surface area contributed by atoms with E-state index in [0.29, 0.717) is 18.6 Å². The number of rotatable bonds is 6. The number of ether oxygens (including phenoxy) is 2. The molecule has 0 saturated heterocycles. The normalized spacial score (nSPS) is 10.7. The van der Waals surface area contributed by atoms with Gasteiger partial charge in [0.1, 0.15) is 5.75 Å². The van der Waals surface area contributed by atoms with Crippen LogP contribution in [0.2, 0.25) is 0 Å². The molecule has 0 spiro atoms. The molecule has 2 nitrogen and oxygen atoms in total. The molecule has 1 aromatic carbocycles. The lowest BCUT2D eigenvalue weighted by Gasteiger charge is -2.07. The summed E-state index contributed by atoms with van der Waals surface area (Å²) in [4.78, 5) is 1.27. The van der Waals surface area contributed by atoms with Crippen molar-refractivity contribution in [3.8, 4) is 5.75 Å². The van der Waals surface area contributed by atoms with E-state index in [1.807, 2.05) is 30.8 Å². The highest BCUT2D eigenvalue weighted by molar-refractivity contribution is 7.99. The lowest BCUT2D eigenvalue weighted by molar-refractivity contribution is 0.0224. The molecule has 0 unspecified atom stereocenters. The van der Waals surface area contributed by atoms with Gasteiger partial charge in [-0.2, -0.15) is 0 Å². The minimum absolute atomic E-state index is 0.327. The molecule has 0 bridgehead atoms. The smallest absolute Gasteiger partial charge is 0.189 e. The second kappa shape index (κ2) is 6.75. The zero-order valence-electron chi connectivity index (χ0n) is 9.53. The van der Waals surface area contributed by atoms with Gasteiger partial charge in [0, 0.05) is 16.8 Å². The van der Waals surface area contributed by atoms with Crippen molar-refractivity contribution in [3.63, 3.8) is 0 Å². The Balaban J connectivity index is 2.42. The van der Waals surface area contributed by atoms with Crippen molar-refractivity contribution in [1.82, 2.24) is 0 Å². The van der Waals surface area contributed by atoms with E-state index >= 15 is 0 Å². The first-order valence-corrected chi connectivity index (χ1v) is 6.07. The van der Waals surface area contributed by atoms with Crippen LogP contribution in [0.15, 0.2) is 29.2 Å². The van der Waals surface area contributed by atoms with Crippen LogP contribution in [-0.4, -0.2) is 18.6 Å². The Kier molecular flexibility index (Phi) is 5.58. The topological polar surface area (TPSA) is 18.5 Å². The molecule has 1 rings (SSSR count). The number of thioether (sulfide) groups is 1. The molecule has 3 heteroatoms. The lowest BCUT2D eigenvalue weighted by Crippen LogP contribution is -2.01. The quantitative estimate of drug-likeness (QED) is 0.420. The summed E-state index contributed by atoms with van der Waals surface area (Å²) in [6.45, 7) is 7.33. The summed E-state index contributed by atoms with van der Waals surface area (Å²) < 4.78 is 10.5. The van der Waals surface area contributed by atoms with E-state index in [-0.39, 0.29) is 0 Å². The fourth-order valence-corrected chi connectivity index (χ4v) is 1.92. The van der Waals surface area contributed by atoms with E-state index in [1.165, 1.54) is 4.90 Å². The highest BCUT2D eigenvalue weighted by Crippen LogP contribution is 2.24. The molecule has 1 aromatic rings. The van der Waals surface area contributed by atoms with Gasteiger partial charge in [-0.25, -0.2) is 0 Å². The lowest BCUT2D eigenvalue weighted by atomic mass is 10.3. The fourth-order valence-electron chi connectivity index (χ4n) is 1.08. The van der Waals surface area contributed by atoms with Gasteiger partial charge in [-0.15, -0.1) is 11.8 Å². The first kappa shape index (κ1) is 12.4. The van der Waals surface area contributed by atoms with Crippen LogP contribution in [0.3, 0.4) is 0 Å². The maximum absolute atomic E-state index is 5.37. The predicted octanol–water partition coefficient (Wildman–Crippen LogP) is 3.56. The van der Waals surface area contributed by atoms with Crippen molar-refractivity contribution in [2.75, 3.05) is 13.4 Å². The zero-order chi connectivity index (χ0) is 11.1. The summed E-state index contributed by atoms with van der Waals surface area (Å²) in [5, 5.41) is 0.611. The average Bonchev–Trinajstić information content (AvgIpc) is 2.20. The molecule has 0 atom stereocenters. The SMILES string of the molecule is CCOCOc1ccc(SC(C)C)cc1. The predicted molar refractivity (Wildman–Crippen MR) is 64.6 cm³/mol. The van der Waals surface area contributed by atoms with Crippen LogP contribution >= 0.6 is 11.8 Å². The summed E-state index contributed by atoms with van der Waals surface area (Å²) >= 11 is 1.85. The first-order chi connectivity index (χ1) is 7.22. The van der Waals surface area contributed by atoms with Gasteiger partial charge >= 0.3 is 0 Å². The maximum atomic E-state index is 5.37. The molecular formula is C12H18O2S. The van der Waals surface area contributed by atoms with Gasteiger partial charge in [0.15, 0.2) is 6.79 Å². The van der Waals surface area contributed by atoms with Gasteiger partial charge in [0.05, 0.1) is 0 Å². The Morgan fingerprint density at radius 2 is 1.87 bits per heavy atom. The molecule has 0 aliphatic heterocycles. The van der Waals surface area contributed by atoms with Crippen LogP contribution in [0.4, 0.5) is 0 Å². The van der Waals surface area contributed by atoms with Crippen molar-refractivity contribution in [2.24, 2.45) is 0 Å². The molecule has 0 aliphatic carbocycles. The van der Waals surface area contributed by atoms with Gasteiger partial charge in [-0.1, -0.05) is 13.8 Å². The Hall–Kier alpha value is -0.670. The molecule has 0 amide bonds. The van der Waals surface area contributed by atoms with Crippen molar-refractivity contribution in [3.05, 3.63) is 24.3 Å². The minimum Gasteiger partial charge on any atom is -0.468 e. The van der Waals surface area contributed by atoms with Gasteiger partial charge in [-0.05, 0) is 31.2 Å². The van der Waals surface area contributed by atoms with E-state index < -0.39 is 0 Å². The minimum atomic E-state index is 0.327. The zero-order valence-corrected chi connectivity index (χ0v) is 10.3. The average molecular weight is 226 g/mol. The molecule has 0 fully saturated rings. The Bertz CT molecular complexity index is 269. The summed E-state index contributed by atoms with van der Waals surface area (Å²) in [6.07, 6.45) is 0. The van der Waals surface area contributed by atoms with Gasteiger partial charge in [0.2, 0.25) is 0 Å². The van der Waals surface area contributed by atoms with Gasteiger partial charge in [-0.3, -0.25) is 0 Å². The number of hydrogen-bond donors (Lipinski definition) is 0. The van der Waals surface area contributed by atoms with E-state index in [4.69, 9.17) is 9.47 Å². The summed E-state index contributed by atoms with van der Waals surface area (Å²) in [5.41, 5.74) is 0. The van der Waals surface area contributed by atoms with E-state index in [2.05, 4.69) is 26.0 Å². The Morgan fingerprint density at radius 3 is 2.40 bits per heavy atom. The molecular weight excluding hydrogens is 208 g/mol. The molecule has 0 heterocycles. The second-order valence-corrected chi connectivity index (χ2v) is 5.04. The van der Waals surface area contributed by atoms with Crippen molar-refractivity contribution >= 4 is 11.8 Å². The first-order valence-electron chi connectivity index (χ1n) is 5.19. The van der Waals surface area contributed by atoms with Crippen molar-refractivity contribution in [1.29, 1.82) is 0 Å². The highest BCUT2D eigenvalue weighted by Gasteiger charge is 1.98. The molecule has 84 valence electrons. The van der Waals surface area contributed by atoms with Crippen LogP contribution in [0.25, 0.3) is 0 Å². The van der Waals surface area contributed by atoms with Gasteiger partial charge < -0.3 is 9.47 Å². The molecule has 0 saturated carbocycles. The van der Waals surface area contributed by atoms with Crippen molar-refractivity contribution in [2.45, 2.75) is 30.9 Å². The molecule has 15 heavy (non-hydrogen) atoms. The monoisotopic (exact) mass is 226 g/mol. The number of benzene rings is 1. The molecule has 0 aromatic heterocycles. The molecule has 0 radical (unpaired) electrons. The standard InChI is InChI=1S/C12H18O2S/c1-4-13-9-14-11-5-7-12(8-6-11)15-10(2)3/h5-8,10H,4,9H2,1-3H3. The fraction of sp³-hybridized carbons (Fsp3) is 0.500. The molecule has 0 N–H and O–H groups in total. The van der Waals surface area contributed by atoms with Gasteiger partial charge in [0.25, 0.3) is 0 Å². The van der Waals surface area contributed by atoms with E-state index in [0.717, 1.165) is 5.75 Å². The highest BCUT2D eigenvalue weighted by atomic mass is 32.2. The van der Waals surface area contributed by atoms with E-state index in [1.54, 1.807) is 0 Å². The van der Waals surface area contributed by atoms with Crippen LogP contribution in [0, 0.1) is 0 Å². The third-order valence-corrected chi connectivity index (χ3v) is 2.72. The Labute approximate surface area is 96.0 Å².